The summed E-state index contributed by atoms with van der Waals surface area (Å²) < 4.78 is 6.09. The summed E-state index contributed by atoms with van der Waals surface area (Å²) in [4.78, 5) is 29.8. The Balaban J connectivity index is 1.97. The van der Waals surface area contributed by atoms with E-state index in [9.17, 15) is 9.59 Å². The van der Waals surface area contributed by atoms with E-state index in [0.717, 1.165) is 34.4 Å². The summed E-state index contributed by atoms with van der Waals surface area (Å²) in [5.41, 5.74) is 3.72. The van der Waals surface area contributed by atoms with Gasteiger partial charge in [-0.25, -0.2) is 0 Å². The standard InChI is InChI=1S/C24H25NO3S/c1-5-6-11-25-20(16-7-9-17(29-4)10-8-16)19-21(26)18-13-14(2)12-15(3)22(18)28-23(19)24(25)27/h7-10,12-13,20H,5-6,11H2,1-4H3. The smallest absolute Gasteiger partial charge is 0.290 e. The Morgan fingerprint density at radius 1 is 1.10 bits per heavy atom. The zero-order chi connectivity index (χ0) is 20.7. The summed E-state index contributed by atoms with van der Waals surface area (Å²) >= 11 is 1.67. The molecule has 4 rings (SSSR count). The van der Waals surface area contributed by atoms with Crippen LogP contribution in [-0.4, -0.2) is 23.6 Å². The molecule has 3 aromatic rings. The van der Waals surface area contributed by atoms with Crippen LogP contribution in [-0.2, 0) is 0 Å². The lowest BCUT2D eigenvalue weighted by atomic mass is 9.97. The normalized spacial score (nSPS) is 15.9. The Morgan fingerprint density at radius 2 is 1.83 bits per heavy atom. The van der Waals surface area contributed by atoms with Crippen LogP contribution >= 0.6 is 11.8 Å². The molecule has 0 saturated heterocycles. The van der Waals surface area contributed by atoms with Gasteiger partial charge in [-0.1, -0.05) is 31.5 Å². The van der Waals surface area contributed by atoms with Gasteiger partial charge >= 0.3 is 0 Å². The molecule has 4 nitrogen and oxygen atoms in total. The number of benzene rings is 2. The first kappa shape index (κ1) is 19.8. The number of thioether (sulfide) groups is 1. The number of rotatable bonds is 5. The molecule has 29 heavy (non-hydrogen) atoms. The van der Waals surface area contributed by atoms with E-state index in [-0.39, 0.29) is 17.1 Å². The molecule has 0 N–H and O–H groups in total. The highest BCUT2D eigenvalue weighted by atomic mass is 32.2. The van der Waals surface area contributed by atoms with Gasteiger partial charge in [-0.15, -0.1) is 11.8 Å². The fourth-order valence-electron chi connectivity index (χ4n) is 4.17. The second-order valence-corrected chi connectivity index (χ2v) is 8.54. The van der Waals surface area contributed by atoms with E-state index in [0.29, 0.717) is 23.1 Å². The quantitative estimate of drug-likeness (QED) is 0.526. The lowest BCUT2D eigenvalue weighted by Crippen LogP contribution is -2.30. The zero-order valence-corrected chi connectivity index (χ0v) is 18.1. The molecule has 0 aliphatic carbocycles. The fourth-order valence-corrected chi connectivity index (χ4v) is 4.57. The van der Waals surface area contributed by atoms with Gasteiger partial charge in [0.1, 0.15) is 5.58 Å². The molecule has 1 aliphatic heterocycles. The summed E-state index contributed by atoms with van der Waals surface area (Å²) in [5.74, 6) is 0.0101. The molecule has 0 spiro atoms. The van der Waals surface area contributed by atoms with Gasteiger partial charge in [-0.05, 0) is 61.4 Å². The molecular formula is C24H25NO3S. The predicted octanol–water partition coefficient (Wildman–Crippen LogP) is 5.48. The molecule has 1 atom stereocenters. The van der Waals surface area contributed by atoms with Crippen molar-refractivity contribution in [3.8, 4) is 0 Å². The summed E-state index contributed by atoms with van der Waals surface area (Å²) in [6.07, 6.45) is 3.88. The van der Waals surface area contributed by atoms with Crippen LogP contribution in [0.5, 0.6) is 0 Å². The maximum atomic E-state index is 13.6. The van der Waals surface area contributed by atoms with Gasteiger partial charge in [-0.2, -0.15) is 0 Å². The predicted molar refractivity (Wildman–Crippen MR) is 118 cm³/mol. The first-order valence-electron chi connectivity index (χ1n) is 9.99. The molecule has 2 heterocycles. The van der Waals surface area contributed by atoms with E-state index in [1.807, 2.05) is 56.5 Å². The second kappa shape index (κ2) is 7.71. The van der Waals surface area contributed by atoms with Gasteiger partial charge in [0.25, 0.3) is 5.91 Å². The Hall–Kier alpha value is -2.53. The Labute approximate surface area is 174 Å². The number of unbranched alkanes of at least 4 members (excludes halogenated alkanes) is 1. The Bertz CT molecular complexity index is 1150. The van der Waals surface area contributed by atoms with Gasteiger partial charge in [-0.3, -0.25) is 9.59 Å². The van der Waals surface area contributed by atoms with E-state index < -0.39 is 6.04 Å². The average molecular weight is 408 g/mol. The molecule has 1 amide bonds. The average Bonchev–Trinajstić information content (AvgIpc) is 2.99. The summed E-state index contributed by atoms with van der Waals surface area (Å²) in [6.45, 7) is 6.58. The first-order valence-corrected chi connectivity index (χ1v) is 11.2. The van der Waals surface area contributed by atoms with E-state index in [2.05, 4.69) is 6.92 Å². The minimum atomic E-state index is -0.401. The molecule has 0 radical (unpaired) electrons. The molecule has 5 heteroatoms. The van der Waals surface area contributed by atoms with Crippen molar-refractivity contribution in [2.45, 2.75) is 44.6 Å². The molecule has 150 valence electrons. The van der Waals surface area contributed by atoms with Crippen molar-refractivity contribution in [1.29, 1.82) is 0 Å². The lowest BCUT2D eigenvalue weighted by molar-refractivity contribution is 0.0725. The van der Waals surface area contributed by atoms with Crippen LogP contribution in [0.25, 0.3) is 11.0 Å². The number of hydrogen-bond acceptors (Lipinski definition) is 4. The monoisotopic (exact) mass is 407 g/mol. The number of carbonyl (C=O) groups excluding carboxylic acids is 1. The van der Waals surface area contributed by atoms with Crippen molar-refractivity contribution in [1.82, 2.24) is 4.90 Å². The molecule has 0 fully saturated rings. The van der Waals surface area contributed by atoms with Crippen LogP contribution in [0.15, 0.2) is 50.5 Å². The van der Waals surface area contributed by atoms with Crippen molar-refractivity contribution in [3.05, 3.63) is 74.6 Å². The van der Waals surface area contributed by atoms with Crippen molar-refractivity contribution in [3.63, 3.8) is 0 Å². The molecule has 1 unspecified atom stereocenters. The summed E-state index contributed by atoms with van der Waals surface area (Å²) in [5, 5.41) is 0.553. The van der Waals surface area contributed by atoms with Crippen LogP contribution in [0.1, 0.15) is 58.6 Å². The fraction of sp³-hybridized carbons (Fsp3) is 0.333. The molecule has 2 aromatic carbocycles. The van der Waals surface area contributed by atoms with E-state index in [1.165, 1.54) is 0 Å². The largest absolute Gasteiger partial charge is 0.450 e. The van der Waals surface area contributed by atoms with E-state index in [1.54, 1.807) is 16.7 Å². The first-order chi connectivity index (χ1) is 14.0. The second-order valence-electron chi connectivity index (χ2n) is 7.66. The Morgan fingerprint density at radius 3 is 2.48 bits per heavy atom. The van der Waals surface area contributed by atoms with Gasteiger partial charge < -0.3 is 9.32 Å². The van der Waals surface area contributed by atoms with Crippen LogP contribution < -0.4 is 5.43 Å². The van der Waals surface area contributed by atoms with Crippen molar-refractivity contribution in [2.75, 3.05) is 12.8 Å². The molecule has 0 saturated carbocycles. The number of aryl methyl sites for hydroxylation is 2. The minimum absolute atomic E-state index is 0.0978. The zero-order valence-electron chi connectivity index (χ0n) is 17.2. The van der Waals surface area contributed by atoms with Gasteiger partial charge in [0.2, 0.25) is 5.76 Å². The topological polar surface area (TPSA) is 50.5 Å². The number of fused-ring (bicyclic) bond motifs is 2. The van der Waals surface area contributed by atoms with E-state index >= 15 is 0 Å². The van der Waals surface area contributed by atoms with Crippen LogP contribution in [0.3, 0.4) is 0 Å². The minimum Gasteiger partial charge on any atom is -0.450 e. The number of carbonyl (C=O) groups is 1. The molecule has 0 bridgehead atoms. The number of nitrogens with zero attached hydrogens (tertiary/aromatic N) is 1. The highest BCUT2D eigenvalue weighted by Crippen LogP contribution is 2.39. The van der Waals surface area contributed by atoms with Crippen molar-refractivity contribution >= 4 is 28.6 Å². The summed E-state index contributed by atoms with van der Waals surface area (Å²) in [7, 11) is 0. The van der Waals surface area contributed by atoms with Crippen LogP contribution in [0.4, 0.5) is 0 Å². The van der Waals surface area contributed by atoms with Crippen molar-refractivity contribution < 1.29 is 9.21 Å². The van der Waals surface area contributed by atoms with Crippen LogP contribution in [0, 0.1) is 13.8 Å². The number of amides is 1. The highest BCUT2D eigenvalue weighted by Gasteiger charge is 2.42. The van der Waals surface area contributed by atoms with Gasteiger partial charge in [0.05, 0.1) is 17.0 Å². The highest BCUT2D eigenvalue weighted by molar-refractivity contribution is 7.98. The third-order valence-corrected chi connectivity index (χ3v) is 6.32. The molecule has 1 aliphatic rings. The van der Waals surface area contributed by atoms with Gasteiger partial charge in [0, 0.05) is 11.4 Å². The molecular weight excluding hydrogens is 382 g/mol. The Kier molecular flexibility index (Phi) is 5.26. The molecule has 1 aromatic heterocycles. The maximum absolute atomic E-state index is 13.6. The third kappa shape index (κ3) is 3.27. The van der Waals surface area contributed by atoms with E-state index in [4.69, 9.17) is 4.42 Å². The third-order valence-electron chi connectivity index (χ3n) is 5.58. The maximum Gasteiger partial charge on any atom is 0.290 e. The number of hydrogen-bond donors (Lipinski definition) is 0. The lowest BCUT2D eigenvalue weighted by Gasteiger charge is -2.25. The van der Waals surface area contributed by atoms with Crippen molar-refractivity contribution in [2.24, 2.45) is 0 Å². The van der Waals surface area contributed by atoms with Gasteiger partial charge in [0.15, 0.2) is 5.43 Å². The SMILES string of the molecule is CCCCN1C(=O)c2oc3c(C)cc(C)cc3c(=O)c2C1c1ccc(SC)cc1. The van der Waals surface area contributed by atoms with Crippen LogP contribution in [0.2, 0.25) is 0 Å². The summed E-state index contributed by atoms with van der Waals surface area (Å²) in [6, 6.07) is 11.5.